The second kappa shape index (κ2) is 6.56. The van der Waals surface area contributed by atoms with E-state index in [-0.39, 0.29) is 0 Å². The SMILES string of the molecule is CCc1nccn1CCOCCOC. The first-order valence-corrected chi connectivity index (χ1v) is 4.95. The van der Waals surface area contributed by atoms with Gasteiger partial charge >= 0.3 is 0 Å². The van der Waals surface area contributed by atoms with Crippen molar-refractivity contribution in [2.75, 3.05) is 26.9 Å². The van der Waals surface area contributed by atoms with Crippen LogP contribution in [0.2, 0.25) is 0 Å². The third kappa shape index (κ3) is 3.47. The van der Waals surface area contributed by atoms with Crippen LogP contribution in [0.3, 0.4) is 0 Å². The van der Waals surface area contributed by atoms with Crippen LogP contribution in [0.25, 0.3) is 0 Å². The predicted molar refractivity (Wildman–Crippen MR) is 54.3 cm³/mol. The van der Waals surface area contributed by atoms with Gasteiger partial charge in [0, 0.05) is 32.5 Å². The Morgan fingerprint density at radius 3 is 2.93 bits per heavy atom. The number of aromatic nitrogens is 2. The van der Waals surface area contributed by atoms with Crippen LogP contribution in [-0.4, -0.2) is 36.5 Å². The first kappa shape index (κ1) is 11.2. The van der Waals surface area contributed by atoms with Gasteiger partial charge in [-0.25, -0.2) is 4.98 Å². The fourth-order valence-electron chi connectivity index (χ4n) is 1.27. The Morgan fingerprint density at radius 1 is 1.36 bits per heavy atom. The normalized spacial score (nSPS) is 10.7. The van der Waals surface area contributed by atoms with Gasteiger partial charge in [-0.1, -0.05) is 6.92 Å². The maximum absolute atomic E-state index is 5.37. The number of ether oxygens (including phenoxy) is 2. The van der Waals surface area contributed by atoms with E-state index in [4.69, 9.17) is 9.47 Å². The highest BCUT2D eigenvalue weighted by molar-refractivity contribution is 4.91. The van der Waals surface area contributed by atoms with Crippen LogP contribution < -0.4 is 0 Å². The van der Waals surface area contributed by atoms with Gasteiger partial charge in [-0.2, -0.15) is 0 Å². The number of rotatable bonds is 7. The fourth-order valence-corrected chi connectivity index (χ4v) is 1.27. The summed E-state index contributed by atoms with van der Waals surface area (Å²) in [6.45, 7) is 5.00. The Kier molecular flexibility index (Phi) is 5.25. The summed E-state index contributed by atoms with van der Waals surface area (Å²) in [6.07, 6.45) is 4.78. The summed E-state index contributed by atoms with van der Waals surface area (Å²) < 4.78 is 12.4. The Labute approximate surface area is 84.9 Å². The summed E-state index contributed by atoms with van der Waals surface area (Å²) in [6, 6.07) is 0. The zero-order valence-corrected chi connectivity index (χ0v) is 8.90. The molecule has 0 aliphatic carbocycles. The fraction of sp³-hybridized carbons (Fsp3) is 0.700. The van der Waals surface area contributed by atoms with Gasteiger partial charge in [-0.3, -0.25) is 0 Å². The maximum atomic E-state index is 5.37. The zero-order valence-electron chi connectivity index (χ0n) is 8.90. The molecular formula is C10H18N2O2. The summed E-state index contributed by atoms with van der Waals surface area (Å²) >= 11 is 0. The first-order valence-electron chi connectivity index (χ1n) is 4.95. The average Bonchev–Trinajstić information content (AvgIpc) is 2.65. The molecule has 1 rings (SSSR count). The zero-order chi connectivity index (χ0) is 10.2. The third-order valence-electron chi connectivity index (χ3n) is 2.03. The lowest BCUT2D eigenvalue weighted by Gasteiger charge is -2.06. The Morgan fingerprint density at radius 2 is 2.21 bits per heavy atom. The Hall–Kier alpha value is -0.870. The molecule has 0 fully saturated rings. The maximum Gasteiger partial charge on any atom is 0.108 e. The molecule has 0 aromatic carbocycles. The van der Waals surface area contributed by atoms with Crippen molar-refractivity contribution >= 4 is 0 Å². The molecule has 0 amide bonds. The molecule has 1 heterocycles. The highest BCUT2D eigenvalue weighted by atomic mass is 16.5. The second-order valence-electron chi connectivity index (χ2n) is 3.00. The minimum absolute atomic E-state index is 0.657. The molecule has 4 heteroatoms. The van der Waals surface area contributed by atoms with Gasteiger partial charge in [0.05, 0.1) is 19.8 Å². The van der Waals surface area contributed by atoms with Crippen LogP contribution in [0.5, 0.6) is 0 Å². The van der Waals surface area contributed by atoms with Gasteiger partial charge in [0.2, 0.25) is 0 Å². The van der Waals surface area contributed by atoms with Crippen LogP contribution in [0.1, 0.15) is 12.7 Å². The minimum atomic E-state index is 0.657. The van der Waals surface area contributed by atoms with Gasteiger partial charge < -0.3 is 14.0 Å². The number of hydrogen-bond donors (Lipinski definition) is 0. The molecule has 1 aromatic heterocycles. The molecule has 1 aromatic rings. The van der Waals surface area contributed by atoms with Gasteiger partial charge in [-0.15, -0.1) is 0 Å². The molecule has 0 unspecified atom stereocenters. The Bertz CT molecular complexity index is 248. The van der Waals surface area contributed by atoms with Crippen LogP contribution >= 0.6 is 0 Å². The van der Waals surface area contributed by atoms with E-state index in [2.05, 4.69) is 16.5 Å². The van der Waals surface area contributed by atoms with Crippen molar-refractivity contribution in [1.82, 2.24) is 9.55 Å². The molecule has 80 valence electrons. The molecule has 0 N–H and O–H groups in total. The van der Waals surface area contributed by atoms with Crippen LogP contribution in [0.15, 0.2) is 12.4 Å². The van der Waals surface area contributed by atoms with E-state index in [1.165, 1.54) is 0 Å². The van der Waals surface area contributed by atoms with E-state index in [9.17, 15) is 0 Å². The van der Waals surface area contributed by atoms with E-state index < -0.39 is 0 Å². The lowest BCUT2D eigenvalue weighted by molar-refractivity contribution is 0.0663. The molecule has 14 heavy (non-hydrogen) atoms. The van der Waals surface area contributed by atoms with Crippen LogP contribution in [0, 0.1) is 0 Å². The molecule has 0 radical (unpaired) electrons. The van der Waals surface area contributed by atoms with Crippen molar-refractivity contribution in [3.05, 3.63) is 18.2 Å². The summed E-state index contributed by atoms with van der Waals surface area (Å²) in [5.41, 5.74) is 0. The summed E-state index contributed by atoms with van der Waals surface area (Å²) in [5.74, 6) is 1.11. The highest BCUT2D eigenvalue weighted by Crippen LogP contribution is 1.97. The topological polar surface area (TPSA) is 36.3 Å². The minimum Gasteiger partial charge on any atom is -0.382 e. The number of hydrogen-bond acceptors (Lipinski definition) is 3. The standard InChI is InChI=1S/C10H18N2O2/c1-3-10-11-4-5-12(10)6-7-14-9-8-13-2/h4-5H,3,6-9H2,1-2H3. The van der Waals surface area contributed by atoms with E-state index in [0.717, 1.165) is 18.8 Å². The number of imidazole rings is 1. The van der Waals surface area contributed by atoms with Crippen molar-refractivity contribution in [3.63, 3.8) is 0 Å². The third-order valence-corrected chi connectivity index (χ3v) is 2.03. The van der Waals surface area contributed by atoms with E-state index >= 15 is 0 Å². The molecule has 0 saturated carbocycles. The van der Waals surface area contributed by atoms with E-state index in [1.54, 1.807) is 7.11 Å². The first-order chi connectivity index (χ1) is 6.88. The highest BCUT2D eigenvalue weighted by Gasteiger charge is 1.98. The lowest BCUT2D eigenvalue weighted by atomic mass is 10.4. The van der Waals surface area contributed by atoms with Gasteiger partial charge in [0.15, 0.2) is 0 Å². The van der Waals surface area contributed by atoms with E-state index in [0.29, 0.717) is 19.8 Å². The molecule has 0 saturated heterocycles. The summed E-state index contributed by atoms with van der Waals surface area (Å²) in [4.78, 5) is 4.23. The summed E-state index contributed by atoms with van der Waals surface area (Å²) in [7, 11) is 1.68. The Balaban J connectivity index is 2.17. The average molecular weight is 198 g/mol. The second-order valence-corrected chi connectivity index (χ2v) is 3.00. The van der Waals surface area contributed by atoms with Crippen LogP contribution in [-0.2, 0) is 22.4 Å². The number of nitrogens with zero attached hydrogens (tertiary/aromatic N) is 2. The molecule has 0 spiro atoms. The van der Waals surface area contributed by atoms with Gasteiger partial charge in [0.1, 0.15) is 5.82 Å². The number of methoxy groups -OCH3 is 1. The smallest absolute Gasteiger partial charge is 0.108 e. The summed E-state index contributed by atoms with van der Waals surface area (Å²) in [5, 5.41) is 0. The molecule has 4 nitrogen and oxygen atoms in total. The molecule has 0 bridgehead atoms. The van der Waals surface area contributed by atoms with Crippen molar-refractivity contribution in [1.29, 1.82) is 0 Å². The van der Waals surface area contributed by atoms with Crippen molar-refractivity contribution in [2.45, 2.75) is 19.9 Å². The van der Waals surface area contributed by atoms with Crippen molar-refractivity contribution < 1.29 is 9.47 Å². The molecule has 0 atom stereocenters. The predicted octanol–water partition coefficient (Wildman–Crippen LogP) is 1.11. The molecular weight excluding hydrogens is 180 g/mol. The molecule has 0 aliphatic rings. The number of aryl methyl sites for hydroxylation is 1. The van der Waals surface area contributed by atoms with Crippen LogP contribution in [0.4, 0.5) is 0 Å². The van der Waals surface area contributed by atoms with Crippen molar-refractivity contribution in [2.24, 2.45) is 0 Å². The van der Waals surface area contributed by atoms with Gasteiger partial charge in [-0.05, 0) is 0 Å². The van der Waals surface area contributed by atoms with Gasteiger partial charge in [0.25, 0.3) is 0 Å². The largest absolute Gasteiger partial charge is 0.382 e. The lowest BCUT2D eigenvalue weighted by Crippen LogP contribution is -2.10. The molecule has 0 aliphatic heterocycles. The quantitative estimate of drug-likeness (QED) is 0.616. The monoisotopic (exact) mass is 198 g/mol. The van der Waals surface area contributed by atoms with E-state index in [1.807, 2.05) is 12.4 Å². The van der Waals surface area contributed by atoms with Crippen molar-refractivity contribution in [3.8, 4) is 0 Å².